The molecule has 4 saturated carbocycles. The smallest absolute Gasteiger partial charge is 0.0494 e. The Morgan fingerprint density at radius 1 is 0.912 bits per heavy atom. The molecule has 1 unspecified atom stereocenters. The van der Waals surface area contributed by atoms with Crippen LogP contribution in [0, 0.1) is 46.3 Å². The highest BCUT2D eigenvalue weighted by Gasteiger charge is 2.60. The van der Waals surface area contributed by atoms with Gasteiger partial charge in [0, 0.05) is 25.8 Å². The maximum Gasteiger partial charge on any atom is 0.0494 e. The average Bonchev–Trinajstić information content (AvgIpc) is 3.21. The van der Waals surface area contributed by atoms with Gasteiger partial charge in [-0.1, -0.05) is 51.1 Å². The van der Waals surface area contributed by atoms with Gasteiger partial charge in [-0.15, -0.1) is 0 Å². The van der Waals surface area contributed by atoms with Crippen LogP contribution in [0.3, 0.4) is 0 Å². The van der Waals surface area contributed by atoms with Gasteiger partial charge in [0.05, 0.1) is 0 Å². The predicted molar refractivity (Wildman–Crippen MR) is 143 cm³/mol. The van der Waals surface area contributed by atoms with Crippen molar-refractivity contribution < 1.29 is 4.74 Å². The summed E-state index contributed by atoms with van der Waals surface area (Å²) in [6, 6.07) is 11.7. The molecule has 4 fully saturated rings. The summed E-state index contributed by atoms with van der Waals surface area (Å²) in [6.45, 7) is 12.9. The lowest BCUT2D eigenvalue weighted by molar-refractivity contribution is -0.123. The number of nitrogens with one attached hydrogen (secondary N) is 1. The highest BCUT2D eigenvalue weighted by atomic mass is 16.5. The minimum Gasteiger partial charge on any atom is -0.381 e. The van der Waals surface area contributed by atoms with Crippen LogP contribution in [0.1, 0.15) is 97.5 Å². The molecular formula is C32H51NO. The number of hydrogen-bond acceptors (Lipinski definition) is 2. The Labute approximate surface area is 210 Å². The van der Waals surface area contributed by atoms with E-state index in [0.717, 1.165) is 55.3 Å². The molecule has 4 aliphatic carbocycles. The lowest BCUT2D eigenvalue weighted by Gasteiger charge is -2.61. The minimum atomic E-state index is 0.543. The molecule has 0 aromatic heterocycles. The van der Waals surface area contributed by atoms with Crippen LogP contribution in [-0.4, -0.2) is 19.3 Å². The summed E-state index contributed by atoms with van der Waals surface area (Å²) in [7, 11) is 0. The number of fused-ring (bicyclic) bond motifs is 5. The SMILES string of the molecule is CCOC[C@H]1CC[C@@]2(C)[C@H](CC[C@@H]3[C@@H]2CC[C@]2(C)[C@@H](C(CC)NCc4ccccc4)CC[C@@H]32)C1. The van der Waals surface area contributed by atoms with Crippen molar-refractivity contribution in [2.45, 2.75) is 104 Å². The topological polar surface area (TPSA) is 21.3 Å². The van der Waals surface area contributed by atoms with Crippen molar-refractivity contribution >= 4 is 0 Å². The van der Waals surface area contributed by atoms with Crippen LogP contribution < -0.4 is 5.32 Å². The quantitative estimate of drug-likeness (QED) is 0.422. The van der Waals surface area contributed by atoms with Gasteiger partial charge in [-0.05, 0) is 123 Å². The summed E-state index contributed by atoms with van der Waals surface area (Å²) in [4.78, 5) is 0. The average molecular weight is 466 g/mol. The maximum absolute atomic E-state index is 5.85. The zero-order valence-electron chi connectivity index (χ0n) is 22.5. The molecule has 1 aromatic carbocycles. The molecule has 0 heterocycles. The fourth-order valence-electron chi connectivity index (χ4n) is 9.90. The van der Waals surface area contributed by atoms with E-state index < -0.39 is 0 Å². The second-order valence-electron chi connectivity index (χ2n) is 13.1. The fourth-order valence-corrected chi connectivity index (χ4v) is 9.90. The monoisotopic (exact) mass is 465 g/mol. The normalized spacial score (nSPS) is 42.5. The van der Waals surface area contributed by atoms with Gasteiger partial charge in [-0.3, -0.25) is 0 Å². The molecule has 0 bridgehead atoms. The molecule has 0 aliphatic heterocycles. The van der Waals surface area contributed by atoms with Crippen LogP contribution in [-0.2, 0) is 11.3 Å². The number of rotatable bonds is 8. The van der Waals surface area contributed by atoms with Crippen LogP contribution in [0.2, 0.25) is 0 Å². The lowest BCUT2D eigenvalue weighted by atomic mass is 9.44. The Hall–Kier alpha value is -0.860. The largest absolute Gasteiger partial charge is 0.381 e. The van der Waals surface area contributed by atoms with Crippen molar-refractivity contribution in [3.63, 3.8) is 0 Å². The van der Waals surface area contributed by atoms with Gasteiger partial charge >= 0.3 is 0 Å². The Kier molecular flexibility index (Phi) is 7.48. The van der Waals surface area contributed by atoms with Gasteiger partial charge in [0.2, 0.25) is 0 Å². The summed E-state index contributed by atoms with van der Waals surface area (Å²) in [5.74, 6) is 5.54. The molecule has 0 radical (unpaired) electrons. The number of benzene rings is 1. The van der Waals surface area contributed by atoms with Gasteiger partial charge in [-0.25, -0.2) is 0 Å². The fraction of sp³-hybridized carbons (Fsp3) is 0.812. The van der Waals surface area contributed by atoms with E-state index in [0.29, 0.717) is 16.9 Å². The van der Waals surface area contributed by atoms with Crippen LogP contribution >= 0.6 is 0 Å². The molecule has 1 N–H and O–H groups in total. The zero-order chi connectivity index (χ0) is 23.8. The van der Waals surface area contributed by atoms with Crippen LogP contribution in [0.4, 0.5) is 0 Å². The van der Waals surface area contributed by atoms with Crippen LogP contribution in [0.5, 0.6) is 0 Å². The van der Waals surface area contributed by atoms with E-state index >= 15 is 0 Å². The van der Waals surface area contributed by atoms with E-state index in [1.165, 1.54) is 69.8 Å². The third-order valence-corrected chi connectivity index (χ3v) is 11.7. The van der Waals surface area contributed by atoms with E-state index in [2.05, 4.69) is 63.3 Å². The second kappa shape index (κ2) is 10.3. The maximum atomic E-state index is 5.85. The van der Waals surface area contributed by atoms with Crippen molar-refractivity contribution in [1.82, 2.24) is 5.32 Å². The predicted octanol–water partition coefficient (Wildman–Crippen LogP) is 7.87. The Morgan fingerprint density at radius 3 is 2.44 bits per heavy atom. The Balaban J connectivity index is 1.27. The van der Waals surface area contributed by atoms with Gasteiger partial charge in [0.25, 0.3) is 0 Å². The van der Waals surface area contributed by atoms with Gasteiger partial charge in [-0.2, -0.15) is 0 Å². The first-order chi connectivity index (χ1) is 16.5. The molecule has 190 valence electrons. The van der Waals surface area contributed by atoms with Crippen molar-refractivity contribution in [2.24, 2.45) is 46.3 Å². The molecule has 1 aromatic rings. The first kappa shape index (κ1) is 24.8. The molecule has 5 rings (SSSR count). The molecule has 34 heavy (non-hydrogen) atoms. The summed E-state index contributed by atoms with van der Waals surface area (Å²) >= 11 is 0. The van der Waals surface area contributed by atoms with E-state index in [4.69, 9.17) is 4.74 Å². The summed E-state index contributed by atoms with van der Waals surface area (Å²) < 4.78 is 5.85. The highest BCUT2D eigenvalue weighted by Crippen LogP contribution is 2.68. The summed E-state index contributed by atoms with van der Waals surface area (Å²) in [5, 5.41) is 4.02. The summed E-state index contributed by atoms with van der Waals surface area (Å²) in [6.07, 6.45) is 14.4. The van der Waals surface area contributed by atoms with Crippen molar-refractivity contribution in [3.05, 3.63) is 35.9 Å². The van der Waals surface area contributed by atoms with Crippen molar-refractivity contribution in [3.8, 4) is 0 Å². The van der Waals surface area contributed by atoms with E-state index in [-0.39, 0.29) is 0 Å². The first-order valence-corrected chi connectivity index (χ1v) is 14.8. The Morgan fingerprint density at radius 2 is 1.68 bits per heavy atom. The van der Waals surface area contributed by atoms with Gasteiger partial charge in [0.1, 0.15) is 0 Å². The van der Waals surface area contributed by atoms with E-state index in [1.54, 1.807) is 0 Å². The highest BCUT2D eigenvalue weighted by molar-refractivity contribution is 5.15. The molecule has 4 aliphatic rings. The third kappa shape index (κ3) is 4.40. The van der Waals surface area contributed by atoms with Crippen molar-refractivity contribution in [1.29, 1.82) is 0 Å². The van der Waals surface area contributed by atoms with Crippen molar-refractivity contribution in [2.75, 3.05) is 13.2 Å². The molecule has 2 heteroatoms. The van der Waals surface area contributed by atoms with Gasteiger partial charge in [0.15, 0.2) is 0 Å². The third-order valence-electron chi connectivity index (χ3n) is 11.7. The van der Waals surface area contributed by atoms with Crippen LogP contribution in [0.25, 0.3) is 0 Å². The lowest BCUT2D eigenvalue weighted by Crippen LogP contribution is -2.55. The molecule has 0 saturated heterocycles. The standard InChI is InChI=1S/C32H51NO/c1-5-30(33-21-23-10-8-7-9-11-23)29-15-14-27-26-13-12-25-20-24(22-34-6-2)16-18-31(25,3)28(26)17-19-32(27,29)4/h7-11,24-30,33H,5-6,12-22H2,1-4H3/t24-,25+,26-,27-,28-,29+,30?,31-,32-/m0/s1. The zero-order valence-corrected chi connectivity index (χ0v) is 22.5. The molecule has 0 amide bonds. The Bertz CT molecular complexity index is 793. The minimum absolute atomic E-state index is 0.543. The van der Waals surface area contributed by atoms with Crippen LogP contribution in [0.15, 0.2) is 30.3 Å². The number of hydrogen-bond donors (Lipinski definition) is 1. The summed E-state index contributed by atoms with van der Waals surface area (Å²) in [5.41, 5.74) is 2.57. The van der Waals surface area contributed by atoms with E-state index in [9.17, 15) is 0 Å². The number of ether oxygens (including phenoxy) is 1. The first-order valence-electron chi connectivity index (χ1n) is 14.8. The molecule has 9 atom stereocenters. The molecular weight excluding hydrogens is 414 g/mol. The van der Waals surface area contributed by atoms with Gasteiger partial charge < -0.3 is 10.1 Å². The van der Waals surface area contributed by atoms with E-state index in [1.807, 2.05) is 0 Å². The second-order valence-corrected chi connectivity index (χ2v) is 13.1. The molecule has 0 spiro atoms. The molecule has 2 nitrogen and oxygen atoms in total.